The Balaban J connectivity index is 3.85. The van der Waals surface area contributed by atoms with E-state index < -0.39 is 5.97 Å². The molecule has 0 radical (unpaired) electrons. The summed E-state index contributed by atoms with van der Waals surface area (Å²) in [6.45, 7) is 6.11. The van der Waals surface area contributed by atoms with Gasteiger partial charge in [0.2, 0.25) is 5.91 Å². The van der Waals surface area contributed by atoms with E-state index in [4.69, 9.17) is 5.11 Å². The van der Waals surface area contributed by atoms with E-state index >= 15 is 0 Å². The summed E-state index contributed by atoms with van der Waals surface area (Å²) in [4.78, 5) is 25.6. The largest absolute Gasteiger partial charge is 0.481 e. The van der Waals surface area contributed by atoms with Gasteiger partial charge in [-0.15, -0.1) is 0 Å². The first-order chi connectivity index (χ1) is 21.6. The molecule has 1 amide bonds. The molecule has 0 aliphatic rings. The number of aliphatic carboxylic acids is 1. The second-order valence-corrected chi connectivity index (χ2v) is 13.2. The molecule has 44 heavy (non-hydrogen) atoms. The molecule has 0 heterocycles. The maximum atomic E-state index is 12.7. The Morgan fingerprint density at radius 3 is 1.05 bits per heavy atom. The van der Waals surface area contributed by atoms with Crippen LogP contribution in [0.3, 0.4) is 0 Å². The molecule has 0 aromatic carbocycles. The van der Waals surface area contributed by atoms with E-state index in [0.717, 1.165) is 38.8 Å². The summed E-state index contributed by atoms with van der Waals surface area (Å²) in [5.74, 6) is -0.860. The summed E-state index contributed by atoms with van der Waals surface area (Å²) < 4.78 is 0. The van der Waals surface area contributed by atoms with E-state index in [9.17, 15) is 9.59 Å². The molecule has 0 atom stereocenters. The topological polar surface area (TPSA) is 57.6 Å². The Morgan fingerprint density at radius 2 is 0.727 bits per heavy atom. The lowest BCUT2D eigenvalue weighted by Gasteiger charge is -2.22. The van der Waals surface area contributed by atoms with Gasteiger partial charge in [-0.2, -0.15) is 0 Å². The number of carbonyl (C=O) groups is 2. The van der Waals surface area contributed by atoms with Crippen LogP contribution >= 0.6 is 0 Å². The van der Waals surface area contributed by atoms with Crippen molar-refractivity contribution in [3.05, 3.63) is 24.3 Å². The van der Waals surface area contributed by atoms with Gasteiger partial charge in [-0.1, -0.05) is 154 Å². The lowest BCUT2D eigenvalue weighted by molar-refractivity contribution is -0.141. The van der Waals surface area contributed by atoms with E-state index in [-0.39, 0.29) is 18.7 Å². The van der Waals surface area contributed by atoms with Gasteiger partial charge in [-0.05, 0) is 64.2 Å². The number of amides is 1. The van der Waals surface area contributed by atoms with Gasteiger partial charge < -0.3 is 10.0 Å². The highest BCUT2D eigenvalue weighted by atomic mass is 16.4. The van der Waals surface area contributed by atoms with Crippen LogP contribution in [-0.2, 0) is 9.59 Å². The molecule has 0 spiro atoms. The summed E-state index contributed by atoms with van der Waals surface area (Å²) in [7, 11) is 0. The standard InChI is InChI=1S/C40H75NO3/c1-3-5-7-9-11-13-15-17-19-21-23-25-27-29-31-33-37-41(39(42)35-36-40(43)44)38-34-32-30-28-26-24-22-20-18-16-14-12-10-8-6-4-2/h17-20H,3-16,21-38H2,1-2H3,(H,43,44). The number of allylic oxidation sites excluding steroid dienone is 4. The number of hydrogen-bond donors (Lipinski definition) is 1. The zero-order valence-corrected chi connectivity index (χ0v) is 29.6. The number of carboxylic acids is 1. The molecule has 0 aliphatic heterocycles. The minimum Gasteiger partial charge on any atom is -0.481 e. The lowest BCUT2D eigenvalue weighted by atomic mass is 10.1. The summed E-state index contributed by atoms with van der Waals surface area (Å²) in [6, 6.07) is 0. The quantitative estimate of drug-likeness (QED) is 0.0568. The first-order valence-corrected chi connectivity index (χ1v) is 19.4. The third kappa shape index (κ3) is 33.3. The van der Waals surface area contributed by atoms with Gasteiger partial charge in [-0.25, -0.2) is 0 Å². The van der Waals surface area contributed by atoms with Crippen LogP contribution in [-0.4, -0.2) is 35.0 Å². The van der Waals surface area contributed by atoms with Crippen molar-refractivity contribution in [2.45, 2.75) is 206 Å². The number of carbonyl (C=O) groups excluding carboxylic acids is 1. The van der Waals surface area contributed by atoms with Crippen LogP contribution in [0.25, 0.3) is 0 Å². The fraction of sp³-hybridized carbons (Fsp3) is 0.850. The predicted octanol–water partition coefficient (Wildman–Crippen LogP) is 12.8. The molecule has 258 valence electrons. The highest BCUT2D eigenvalue weighted by Crippen LogP contribution is 2.13. The fourth-order valence-electron chi connectivity index (χ4n) is 5.83. The number of hydrogen-bond acceptors (Lipinski definition) is 2. The van der Waals surface area contributed by atoms with Crippen LogP contribution in [0, 0.1) is 0 Å². The highest BCUT2D eigenvalue weighted by molar-refractivity contribution is 5.80. The second kappa shape index (κ2) is 35.9. The van der Waals surface area contributed by atoms with Crippen molar-refractivity contribution in [3.63, 3.8) is 0 Å². The summed E-state index contributed by atoms with van der Waals surface area (Å²) in [6.07, 6.45) is 45.5. The van der Waals surface area contributed by atoms with Crippen LogP contribution in [0.1, 0.15) is 206 Å². The zero-order valence-electron chi connectivity index (χ0n) is 29.6. The first kappa shape index (κ1) is 42.4. The van der Waals surface area contributed by atoms with Crippen LogP contribution < -0.4 is 0 Å². The average Bonchev–Trinajstić information content (AvgIpc) is 3.02. The van der Waals surface area contributed by atoms with Crippen molar-refractivity contribution in [3.8, 4) is 0 Å². The maximum absolute atomic E-state index is 12.7. The molecule has 0 aromatic rings. The molecule has 0 aromatic heterocycles. The van der Waals surface area contributed by atoms with Crippen molar-refractivity contribution in [1.82, 2.24) is 4.90 Å². The lowest BCUT2D eigenvalue weighted by Crippen LogP contribution is -2.33. The third-order valence-electron chi connectivity index (χ3n) is 8.79. The maximum Gasteiger partial charge on any atom is 0.303 e. The summed E-state index contributed by atoms with van der Waals surface area (Å²) in [5.41, 5.74) is 0. The zero-order chi connectivity index (χ0) is 32.2. The molecule has 0 saturated heterocycles. The van der Waals surface area contributed by atoms with Gasteiger partial charge in [0.05, 0.1) is 6.42 Å². The molecule has 0 aliphatic carbocycles. The van der Waals surface area contributed by atoms with Gasteiger partial charge in [-0.3, -0.25) is 9.59 Å². The van der Waals surface area contributed by atoms with Gasteiger partial charge >= 0.3 is 5.97 Å². The number of rotatable bonds is 35. The molecule has 0 bridgehead atoms. The Morgan fingerprint density at radius 1 is 0.432 bits per heavy atom. The van der Waals surface area contributed by atoms with Crippen molar-refractivity contribution >= 4 is 11.9 Å². The minimum absolute atomic E-state index is 0.0212. The van der Waals surface area contributed by atoms with Crippen molar-refractivity contribution in [2.75, 3.05) is 13.1 Å². The average molecular weight is 618 g/mol. The van der Waals surface area contributed by atoms with Gasteiger partial charge in [0, 0.05) is 19.5 Å². The SMILES string of the molecule is CCCCCCCCC=CCCCCCCCCN(CCCCCCCCC=CCCCCCCCC)C(=O)CCC(=O)O. The monoisotopic (exact) mass is 618 g/mol. The first-order valence-electron chi connectivity index (χ1n) is 19.4. The smallest absolute Gasteiger partial charge is 0.303 e. The van der Waals surface area contributed by atoms with Crippen molar-refractivity contribution in [2.24, 2.45) is 0 Å². The number of nitrogens with zero attached hydrogens (tertiary/aromatic N) is 1. The molecule has 0 unspecified atom stereocenters. The van der Waals surface area contributed by atoms with Gasteiger partial charge in [0.1, 0.15) is 0 Å². The highest BCUT2D eigenvalue weighted by Gasteiger charge is 2.14. The molecule has 0 fully saturated rings. The van der Waals surface area contributed by atoms with Crippen molar-refractivity contribution in [1.29, 1.82) is 0 Å². The van der Waals surface area contributed by atoms with E-state index in [1.807, 2.05) is 4.90 Å². The molecular formula is C40H75NO3. The molecule has 4 nitrogen and oxygen atoms in total. The minimum atomic E-state index is -0.882. The number of unbranched alkanes of at least 4 members (excludes halogenated alkanes) is 24. The second-order valence-electron chi connectivity index (χ2n) is 13.2. The Labute approximate surface area is 274 Å². The van der Waals surface area contributed by atoms with E-state index in [1.165, 1.54) is 154 Å². The van der Waals surface area contributed by atoms with E-state index in [1.54, 1.807) is 0 Å². The van der Waals surface area contributed by atoms with E-state index in [2.05, 4.69) is 38.2 Å². The van der Waals surface area contributed by atoms with Gasteiger partial charge in [0.15, 0.2) is 0 Å². The van der Waals surface area contributed by atoms with Gasteiger partial charge in [0.25, 0.3) is 0 Å². The molecule has 1 N–H and O–H groups in total. The predicted molar refractivity (Wildman–Crippen MR) is 192 cm³/mol. The third-order valence-corrected chi connectivity index (χ3v) is 8.79. The summed E-state index contributed by atoms with van der Waals surface area (Å²) in [5, 5.41) is 9.01. The Hall–Kier alpha value is -1.58. The molecule has 0 saturated carbocycles. The normalized spacial score (nSPS) is 11.7. The number of carboxylic acid groups (broad SMARTS) is 1. The Kier molecular flexibility index (Phi) is 34.6. The van der Waals surface area contributed by atoms with Crippen LogP contribution in [0.4, 0.5) is 0 Å². The fourth-order valence-corrected chi connectivity index (χ4v) is 5.83. The van der Waals surface area contributed by atoms with Crippen LogP contribution in [0.5, 0.6) is 0 Å². The Bertz CT molecular complexity index is 630. The molecular weight excluding hydrogens is 542 g/mol. The van der Waals surface area contributed by atoms with E-state index in [0.29, 0.717) is 0 Å². The molecule has 0 rings (SSSR count). The van der Waals surface area contributed by atoms with Crippen LogP contribution in [0.15, 0.2) is 24.3 Å². The van der Waals surface area contributed by atoms with Crippen LogP contribution in [0.2, 0.25) is 0 Å². The van der Waals surface area contributed by atoms with Crippen molar-refractivity contribution < 1.29 is 14.7 Å². The molecule has 4 heteroatoms. The summed E-state index contributed by atoms with van der Waals surface area (Å²) >= 11 is 0.